The van der Waals surface area contributed by atoms with E-state index in [2.05, 4.69) is 41.6 Å². The Morgan fingerprint density at radius 1 is 1.04 bits per heavy atom. The molecule has 1 amide bonds. The number of nitrogens with zero attached hydrogens (tertiary/aromatic N) is 2. The van der Waals surface area contributed by atoms with Gasteiger partial charge in [-0.2, -0.15) is 5.10 Å². The van der Waals surface area contributed by atoms with Crippen molar-refractivity contribution < 1.29 is 4.79 Å². The molecule has 0 fully saturated rings. The minimum Gasteiger partial charge on any atom is -0.321 e. The molecular formula is C20H19N3O. The highest BCUT2D eigenvalue weighted by Gasteiger charge is 2.09. The summed E-state index contributed by atoms with van der Waals surface area (Å²) >= 11 is 0. The molecular weight excluding hydrogens is 298 g/mol. The number of carbonyl (C=O) groups is 1. The highest BCUT2D eigenvalue weighted by atomic mass is 16.2. The normalized spacial score (nSPS) is 10.9. The van der Waals surface area contributed by atoms with Crippen LogP contribution in [0.1, 0.15) is 27.2 Å². The molecule has 4 heteroatoms. The Labute approximate surface area is 141 Å². The van der Waals surface area contributed by atoms with E-state index in [1.807, 2.05) is 36.4 Å². The van der Waals surface area contributed by atoms with Crippen LogP contribution in [-0.2, 0) is 7.05 Å². The van der Waals surface area contributed by atoms with Gasteiger partial charge in [-0.15, -0.1) is 0 Å². The fourth-order valence-electron chi connectivity index (χ4n) is 2.43. The third-order valence-corrected chi connectivity index (χ3v) is 3.87. The number of hydrogen-bond donors (Lipinski definition) is 1. The number of hydrogen-bond acceptors (Lipinski definition) is 2. The number of amides is 1. The second-order valence-electron chi connectivity index (χ2n) is 5.61. The van der Waals surface area contributed by atoms with Crippen LogP contribution in [0.15, 0.2) is 60.8 Å². The standard InChI is InChI=1S/C20H19N3O/c1-15-5-3-4-6-17(15)10-7-16-8-11-18(12-9-16)22-20(24)19-13-14-21-23(19)2/h3-14H,1-2H3,(H,22,24)/b10-7+. The van der Waals surface area contributed by atoms with E-state index in [1.165, 1.54) is 11.1 Å². The monoisotopic (exact) mass is 317 g/mol. The predicted octanol–water partition coefficient (Wildman–Crippen LogP) is 4.15. The molecule has 0 bridgehead atoms. The van der Waals surface area contributed by atoms with Crippen LogP contribution in [0.4, 0.5) is 5.69 Å². The zero-order valence-electron chi connectivity index (χ0n) is 13.7. The lowest BCUT2D eigenvalue weighted by atomic mass is 10.1. The number of anilines is 1. The molecule has 1 N–H and O–H groups in total. The minimum atomic E-state index is -0.168. The molecule has 0 radical (unpaired) electrons. The van der Waals surface area contributed by atoms with Gasteiger partial charge in [0.25, 0.3) is 5.91 Å². The van der Waals surface area contributed by atoms with E-state index in [0.717, 1.165) is 11.3 Å². The Morgan fingerprint density at radius 3 is 2.46 bits per heavy atom. The molecule has 3 aromatic rings. The SMILES string of the molecule is Cc1ccccc1/C=C/c1ccc(NC(=O)c2ccnn2C)cc1. The molecule has 120 valence electrons. The smallest absolute Gasteiger partial charge is 0.273 e. The molecule has 0 saturated heterocycles. The summed E-state index contributed by atoms with van der Waals surface area (Å²) in [6.07, 6.45) is 5.77. The van der Waals surface area contributed by atoms with Crippen LogP contribution in [0.5, 0.6) is 0 Å². The molecule has 0 aliphatic carbocycles. The second kappa shape index (κ2) is 6.96. The Bertz CT molecular complexity index is 876. The van der Waals surface area contributed by atoms with Crippen molar-refractivity contribution in [1.82, 2.24) is 9.78 Å². The summed E-state index contributed by atoms with van der Waals surface area (Å²) in [4.78, 5) is 12.1. The Balaban J connectivity index is 1.69. The lowest BCUT2D eigenvalue weighted by Crippen LogP contribution is -2.15. The number of rotatable bonds is 4. The first-order valence-electron chi connectivity index (χ1n) is 7.76. The molecule has 4 nitrogen and oxygen atoms in total. The first-order chi connectivity index (χ1) is 11.6. The fourth-order valence-corrected chi connectivity index (χ4v) is 2.43. The molecule has 0 aliphatic heterocycles. The maximum absolute atomic E-state index is 12.1. The maximum Gasteiger partial charge on any atom is 0.273 e. The molecule has 2 aromatic carbocycles. The molecule has 0 unspecified atom stereocenters. The van der Waals surface area contributed by atoms with Crippen molar-refractivity contribution in [2.45, 2.75) is 6.92 Å². The first-order valence-corrected chi connectivity index (χ1v) is 7.76. The van der Waals surface area contributed by atoms with Crippen molar-refractivity contribution in [1.29, 1.82) is 0 Å². The number of aryl methyl sites for hydroxylation is 2. The van der Waals surface area contributed by atoms with Gasteiger partial charge in [-0.3, -0.25) is 9.48 Å². The number of aromatic nitrogens is 2. The van der Waals surface area contributed by atoms with Gasteiger partial charge in [0.2, 0.25) is 0 Å². The van der Waals surface area contributed by atoms with Crippen LogP contribution in [0, 0.1) is 6.92 Å². The highest BCUT2D eigenvalue weighted by Crippen LogP contribution is 2.15. The van der Waals surface area contributed by atoms with Gasteiger partial charge in [-0.25, -0.2) is 0 Å². The summed E-state index contributed by atoms with van der Waals surface area (Å²) in [6, 6.07) is 17.7. The zero-order valence-corrected chi connectivity index (χ0v) is 13.7. The third-order valence-electron chi connectivity index (χ3n) is 3.87. The maximum atomic E-state index is 12.1. The highest BCUT2D eigenvalue weighted by molar-refractivity contribution is 6.03. The van der Waals surface area contributed by atoms with Gasteiger partial charge in [0.15, 0.2) is 0 Å². The van der Waals surface area contributed by atoms with Gasteiger partial charge < -0.3 is 5.32 Å². The lowest BCUT2D eigenvalue weighted by molar-refractivity contribution is 0.101. The Morgan fingerprint density at radius 2 is 1.79 bits per heavy atom. The van der Waals surface area contributed by atoms with Crippen molar-refractivity contribution in [3.8, 4) is 0 Å². The fraction of sp³-hybridized carbons (Fsp3) is 0.100. The van der Waals surface area contributed by atoms with E-state index < -0.39 is 0 Å². The molecule has 1 aromatic heterocycles. The molecule has 0 aliphatic rings. The van der Waals surface area contributed by atoms with Crippen molar-refractivity contribution >= 4 is 23.7 Å². The third kappa shape index (κ3) is 3.60. The topological polar surface area (TPSA) is 46.9 Å². The quantitative estimate of drug-likeness (QED) is 0.735. The molecule has 24 heavy (non-hydrogen) atoms. The molecule has 0 atom stereocenters. The van der Waals surface area contributed by atoms with E-state index in [9.17, 15) is 4.79 Å². The van der Waals surface area contributed by atoms with Crippen LogP contribution >= 0.6 is 0 Å². The van der Waals surface area contributed by atoms with E-state index >= 15 is 0 Å². The second-order valence-corrected chi connectivity index (χ2v) is 5.61. The van der Waals surface area contributed by atoms with Gasteiger partial charge in [0.05, 0.1) is 0 Å². The first kappa shape index (κ1) is 15.7. The number of nitrogens with one attached hydrogen (secondary N) is 1. The van der Waals surface area contributed by atoms with Gasteiger partial charge in [-0.05, 0) is 41.8 Å². The van der Waals surface area contributed by atoms with E-state index in [0.29, 0.717) is 5.69 Å². The average molecular weight is 317 g/mol. The lowest BCUT2D eigenvalue weighted by Gasteiger charge is -2.06. The zero-order chi connectivity index (χ0) is 16.9. The van der Waals surface area contributed by atoms with Crippen LogP contribution in [0.25, 0.3) is 12.2 Å². The van der Waals surface area contributed by atoms with E-state index in [4.69, 9.17) is 0 Å². The van der Waals surface area contributed by atoms with Gasteiger partial charge >= 0.3 is 0 Å². The molecule has 0 saturated carbocycles. The van der Waals surface area contributed by atoms with Crippen molar-refractivity contribution in [2.24, 2.45) is 7.05 Å². The minimum absolute atomic E-state index is 0.168. The largest absolute Gasteiger partial charge is 0.321 e. The summed E-state index contributed by atoms with van der Waals surface area (Å²) in [6.45, 7) is 2.09. The molecule has 1 heterocycles. The molecule has 3 rings (SSSR count). The molecule has 0 spiro atoms. The van der Waals surface area contributed by atoms with Crippen molar-refractivity contribution in [3.63, 3.8) is 0 Å². The summed E-state index contributed by atoms with van der Waals surface area (Å²) in [5.41, 5.74) is 4.81. The van der Waals surface area contributed by atoms with Gasteiger partial charge in [0.1, 0.15) is 5.69 Å². The van der Waals surface area contributed by atoms with Gasteiger partial charge in [0, 0.05) is 18.9 Å². The number of carbonyl (C=O) groups excluding carboxylic acids is 1. The van der Waals surface area contributed by atoms with Crippen LogP contribution in [0.2, 0.25) is 0 Å². The Kier molecular flexibility index (Phi) is 4.57. The average Bonchev–Trinajstić information content (AvgIpc) is 3.02. The van der Waals surface area contributed by atoms with Crippen LogP contribution < -0.4 is 5.32 Å². The van der Waals surface area contributed by atoms with Crippen LogP contribution in [0.3, 0.4) is 0 Å². The summed E-state index contributed by atoms with van der Waals surface area (Å²) < 4.78 is 1.55. The Hall–Kier alpha value is -3.14. The summed E-state index contributed by atoms with van der Waals surface area (Å²) in [5.74, 6) is -0.168. The summed E-state index contributed by atoms with van der Waals surface area (Å²) in [5, 5.41) is 6.87. The predicted molar refractivity (Wildman–Crippen MR) is 97.7 cm³/mol. The van der Waals surface area contributed by atoms with E-state index in [1.54, 1.807) is 24.0 Å². The van der Waals surface area contributed by atoms with E-state index in [-0.39, 0.29) is 5.91 Å². The summed E-state index contributed by atoms with van der Waals surface area (Å²) in [7, 11) is 1.74. The van der Waals surface area contributed by atoms with Crippen LogP contribution in [-0.4, -0.2) is 15.7 Å². The van der Waals surface area contributed by atoms with Crippen molar-refractivity contribution in [2.75, 3.05) is 5.32 Å². The van der Waals surface area contributed by atoms with Gasteiger partial charge in [-0.1, -0.05) is 48.6 Å². The van der Waals surface area contributed by atoms with Crippen molar-refractivity contribution in [3.05, 3.63) is 83.2 Å². The number of benzene rings is 2.